The average Bonchev–Trinajstić information content (AvgIpc) is 3.04. The molecule has 3 rings (SSSR count). The van der Waals surface area contributed by atoms with Gasteiger partial charge in [0.05, 0.1) is 4.90 Å². The number of nitrogens with one attached hydrogen (secondary N) is 1. The molecule has 1 aliphatic rings. The summed E-state index contributed by atoms with van der Waals surface area (Å²) in [7, 11) is -9.38. The van der Waals surface area contributed by atoms with Crippen molar-refractivity contribution in [3.05, 3.63) is 24.3 Å². The summed E-state index contributed by atoms with van der Waals surface area (Å²) in [5.41, 5.74) is 1.92. The Balaban J connectivity index is 0.00000261. The minimum absolute atomic E-state index is 0. The van der Waals surface area contributed by atoms with Crippen molar-refractivity contribution in [2.45, 2.75) is 9.79 Å². The molecule has 0 saturated heterocycles. The molecule has 0 saturated carbocycles. The first-order chi connectivity index (χ1) is 12.1. The normalized spacial score (nSPS) is 15.3. The Morgan fingerprint density at radius 1 is 1.07 bits per heavy atom. The van der Waals surface area contributed by atoms with Crippen LogP contribution in [0.4, 0.5) is 5.69 Å². The molecule has 1 heterocycles. The summed E-state index contributed by atoms with van der Waals surface area (Å²) in [5, 5.41) is 20.7. The molecule has 15 heteroatoms. The topological polar surface area (TPSA) is 190 Å². The fourth-order valence-corrected chi connectivity index (χ4v) is 3.25. The van der Waals surface area contributed by atoms with Gasteiger partial charge in [0.1, 0.15) is 16.5 Å². The summed E-state index contributed by atoms with van der Waals surface area (Å²) in [6, 6.07) is 4.09. The number of guanidine groups is 1. The summed E-state index contributed by atoms with van der Waals surface area (Å²) in [6.45, 7) is 0. The Bertz CT molecular complexity index is 1210. The van der Waals surface area contributed by atoms with Crippen molar-refractivity contribution in [1.29, 1.82) is 0 Å². The molecule has 2 aromatic carbocycles. The van der Waals surface area contributed by atoms with E-state index >= 15 is 0 Å². The van der Waals surface area contributed by atoms with Crippen LogP contribution >= 0.6 is 0 Å². The summed E-state index contributed by atoms with van der Waals surface area (Å²) in [4.78, 5) is 2.16. The van der Waals surface area contributed by atoms with Crippen LogP contribution in [0.1, 0.15) is 0 Å². The third-order valence-corrected chi connectivity index (χ3v) is 4.95. The zero-order valence-electron chi connectivity index (χ0n) is 13.0. The van der Waals surface area contributed by atoms with E-state index in [0.29, 0.717) is 0 Å². The molecule has 4 N–H and O–H groups in total. The number of aromatic hydroxyl groups is 1. The van der Waals surface area contributed by atoms with Crippen LogP contribution in [0.15, 0.2) is 54.4 Å². The number of phenolic OH excluding ortho intramolecular Hbond substituents is 1. The summed E-state index contributed by atoms with van der Waals surface area (Å²) in [5.74, 6) is -1.14. The van der Waals surface area contributed by atoms with Gasteiger partial charge in [-0.2, -0.15) is 16.8 Å². The monoisotopic (exact) mass is 487 g/mol. The number of azo groups is 1. The molecule has 27 heavy (non-hydrogen) atoms. The van der Waals surface area contributed by atoms with E-state index in [1.54, 1.807) is 0 Å². The molecular weight excluding hydrogens is 479 g/mol. The van der Waals surface area contributed by atoms with Crippen molar-refractivity contribution >= 4 is 49.0 Å². The number of benzene rings is 2. The first-order valence-electron chi connectivity index (χ1n) is 6.52. The van der Waals surface area contributed by atoms with Gasteiger partial charge in [0.25, 0.3) is 20.2 Å². The molecule has 1 aliphatic heterocycles. The fourth-order valence-electron chi connectivity index (χ4n) is 2.12. The SMILES string of the molecule is O=S(=O)(O)c1ccc2cc(S(=O)(=O)O)c(O)c(N/N=C3/N=[C-]N=N3)c2c1.[Y]. The van der Waals surface area contributed by atoms with Crippen LogP contribution in [0.25, 0.3) is 10.8 Å². The number of hydrazone groups is 1. The number of aliphatic imine (C=N–C) groups is 1. The Labute approximate surface area is 177 Å². The van der Waals surface area contributed by atoms with Crippen LogP contribution in [0.2, 0.25) is 0 Å². The van der Waals surface area contributed by atoms with Gasteiger partial charge in [-0.05, 0) is 29.9 Å². The van der Waals surface area contributed by atoms with Gasteiger partial charge in [-0.25, -0.2) is 10.2 Å². The minimum atomic E-state index is -4.81. The predicted molar refractivity (Wildman–Crippen MR) is 88.6 cm³/mol. The van der Waals surface area contributed by atoms with E-state index in [1.807, 2.05) is 0 Å². The first kappa shape index (κ1) is 21.5. The number of phenols is 1. The van der Waals surface area contributed by atoms with Gasteiger partial charge in [0, 0.05) is 38.1 Å². The first-order valence-corrected chi connectivity index (χ1v) is 9.40. The second-order valence-electron chi connectivity index (χ2n) is 4.87. The van der Waals surface area contributed by atoms with Gasteiger partial charge in [0.2, 0.25) is 0 Å². The van der Waals surface area contributed by atoms with Crippen LogP contribution in [0.3, 0.4) is 0 Å². The molecule has 0 atom stereocenters. The molecule has 0 bridgehead atoms. The maximum atomic E-state index is 11.5. The van der Waals surface area contributed by atoms with Crippen LogP contribution < -0.4 is 5.43 Å². The van der Waals surface area contributed by atoms with Crippen LogP contribution in [0, 0.1) is 0 Å². The molecular formula is C12H8N5O7S2Y-. The Morgan fingerprint density at radius 3 is 2.33 bits per heavy atom. The zero-order chi connectivity index (χ0) is 19.1. The largest absolute Gasteiger partial charge is 0.504 e. The maximum Gasteiger partial charge on any atom is 0.298 e. The minimum Gasteiger partial charge on any atom is -0.504 e. The molecule has 0 fully saturated rings. The van der Waals surface area contributed by atoms with Crippen molar-refractivity contribution in [2.75, 3.05) is 5.43 Å². The van der Waals surface area contributed by atoms with Crippen molar-refractivity contribution in [3.63, 3.8) is 0 Å². The predicted octanol–water partition coefficient (Wildman–Crippen LogP) is 1.09. The smallest absolute Gasteiger partial charge is 0.298 e. The van der Waals surface area contributed by atoms with Gasteiger partial charge in [-0.1, -0.05) is 6.07 Å². The average molecular weight is 487 g/mol. The van der Waals surface area contributed by atoms with E-state index in [4.69, 9.17) is 0 Å². The van der Waals surface area contributed by atoms with E-state index < -0.39 is 35.8 Å². The van der Waals surface area contributed by atoms with E-state index in [-0.39, 0.29) is 55.1 Å². The third kappa shape index (κ3) is 4.53. The van der Waals surface area contributed by atoms with Crippen molar-refractivity contribution in [2.24, 2.45) is 20.3 Å². The number of fused-ring (bicyclic) bond motifs is 1. The van der Waals surface area contributed by atoms with Gasteiger partial charge in [-0.15, -0.1) is 0 Å². The van der Waals surface area contributed by atoms with E-state index in [0.717, 1.165) is 18.2 Å². The number of hydrogen-bond acceptors (Lipinski definition) is 8. The van der Waals surface area contributed by atoms with Crippen LogP contribution in [0.5, 0.6) is 5.75 Å². The zero-order valence-corrected chi connectivity index (χ0v) is 17.4. The second kappa shape index (κ2) is 7.65. The molecule has 1 radical (unpaired) electrons. The van der Waals surface area contributed by atoms with E-state index in [2.05, 4.69) is 32.1 Å². The van der Waals surface area contributed by atoms with Gasteiger partial charge >= 0.3 is 0 Å². The van der Waals surface area contributed by atoms with Gasteiger partial charge < -0.3 is 10.1 Å². The second-order valence-corrected chi connectivity index (χ2v) is 7.68. The Hall–Kier alpha value is -1.84. The molecule has 12 nitrogen and oxygen atoms in total. The van der Waals surface area contributed by atoms with Gasteiger partial charge in [0.15, 0.2) is 5.75 Å². The fraction of sp³-hybridized carbons (Fsp3) is 0. The molecule has 0 unspecified atom stereocenters. The molecule has 0 spiro atoms. The molecule has 139 valence electrons. The van der Waals surface area contributed by atoms with Crippen LogP contribution in [-0.2, 0) is 52.9 Å². The Morgan fingerprint density at radius 2 is 1.78 bits per heavy atom. The van der Waals surface area contributed by atoms with Crippen molar-refractivity contribution in [1.82, 2.24) is 0 Å². The van der Waals surface area contributed by atoms with Crippen molar-refractivity contribution in [3.8, 4) is 5.75 Å². The van der Waals surface area contributed by atoms with E-state index in [9.17, 15) is 31.0 Å². The number of anilines is 1. The standard InChI is InChI=1S/C12H8N5O7S2.Y/c18-11-9(26(22,23)24)3-6-1-2-7(25(19,20)21)4-8(6)10(11)15-17-12-13-5-14-16-12;/h1-4,15,18H,(H,19,20,21)(H,22,23,24);/q-1;/b17-12-;. The Kier molecular flexibility index (Phi) is 6.08. The third-order valence-electron chi connectivity index (χ3n) is 3.23. The quantitative estimate of drug-likeness (QED) is 0.213. The number of nitrogens with zero attached hydrogens (tertiary/aromatic N) is 4. The maximum absolute atomic E-state index is 11.5. The summed E-state index contributed by atoms with van der Waals surface area (Å²) in [6.07, 6.45) is 2.13. The summed E-state index contributed by atoms with van der Waals surface area (Å²) < 4.78 is 64.0. The molecule has 0 aromatic heterocycles. The van der Waals surface area contributed by atoms with Crippen molar-refractivity contribution < 1.29 is 63.8 Å². The molecule has 0 amide bonds. The van der Waals surface area contributed by atoms with Crippen LogP contribution in [-0.4, -0.2) is 43.3 Å². The number of hydrogen-bond donors (Lipinski definition) is 4. The summed E-state index contributed by atoms with van der Waals surface area (Å²) >= 11 is 0. The molecule has 2 aromatic rings. The van der Waals surface area contributed by atoms with Gasteiger partial charge in [-0.3, -0.25) is 19.6 Å². The van der Waals surface area contributed by atoms with E-state index in [1.165, 1.54) is 6.07 Å². The molecule has 0 aliphatic carbocycles. The number of rotatable bonds is 4.